The topological polar surface area (TPSA) is 120 Å². The molecular formula is C26H27F3N4O4S. The number of H-pyrrole nitrogens is 1. The standard InChI is InChI=1S/C26H27F3N4O4S/c27-26(28,29)23-17-31-25(33-23)19-9-10-22(37-13-4-7-20-16-30-12-14-38(20,35)36)21(15-19)32-24(34)11-8-18-5-2-1-3-6-18/h1-3,5-6,9-10,15,17,20,30,35-36H,4,7,12-14,16H2,(H,31,33)(H,32,34). The Morgan fingerprint density at radius 2 is 2.00 bits per heavy atom. The Hall–Kier alpha value is -3.50. The average Bonchev–Trinajstić information content (AvgIpc) is 3.39. The molecule has 0 saturated carbocycles. The summed E-state index contributed by atoms with van der Waals surface area (Å²) < 4.78 is 65.4. The van der Waals surface area contributed by atoms with E-state index in [9.17, 15) is 27.1 Å². The number of nitrogens with zero attached hydrogens (tertiary/aromatic N) is 1. The van der Waals surface area contributed by atoms with Gasteiger partial charge in [-0.2, -0.15) is 23.8 Å². The van der Waals surface area contributed by atoms with Crippen molar-refractivity contribution in [3.05, 3.63) is 66.0 Å². The van der Waals surface area contributed by atoms with Gasteiger partial charge in [0.05, 0.1) is 29.5 Å². The number of anilines is 1. The van der Waals surface area contributed by atoms with Crippen molar-refractivity contribution in [2.45, 2.75) is 24.3 Å². The highest BCUT2D eigenvalue weighted by Crippen LogP contribution is 2.46. The molecule has 12 heteroatoms. The molecule has 1 atom stereocenters. The van der Waals surface area contributed by atoms with Crippen LogP contribution in [0.3, 0.4) is 0 Å². The van der Waals surface area contributed by atoms with Crippen LogP contribution in [0.4, 0.5) is 18.9 Å². The van der Waals surface area contributed by atoms with Gasteiger partial charge >= 0.3 is 12.1 Å². The molecule has 1 fully saturated rings. The van der Waals surface area contributed by atoms with Crippen molar-refractivity contribution in [2.75, 3.05) is 30.8 Å². The molecule has 1 aliphatic rings. The highest BCUT2D eigenvalue weighted by atomic mass is 32.3. The summed E-state index contributed by atoms with van der Waals surface area (Å²) in [5.41, 5.74) is 0.173. The lowest BCUT2D eigenvalue weighted by Crippen LogP contribution is -2.41. The van der Waals surface area contributed by atoms with E-state index in [1.165, 1.54) is 18.2 Å². The van der Waals surface area contributed by atoms with Crippen LogP contribution in [0.1, 0.15) is 24.1 Å². The number of rotatable bonds is 7. The van der Waals surface area contributed by atoms with Crippen molar-refractivity contribution in [2.24, 2.45) is 0 Å². The summed E-state index contributed by atoms with van der Waals surface area (Å²) in [6, 6.07) is 13.4. The van der Waals surface area contributed by atoms with Crippen molar-refractivity contribution in [3.63, 3.8) is 0 Å². The van der Waals surface area contributed by atoms with Gasteiger partial charge in [-0.25, -0.2) is 4.98 Å². The maximum Gasteiger partial charge on any atom is 0.432 e. The number of hydrogen-bond donors (Lipinski definition) is 5. The lowest BCUT2D eigenvalue weighted by atomic mass is 10.1. The number of hydrogen-bond acceptors (Lipinski definition) is 6. The first kappa shape index (κ1) is 27.5. The fraction of sp³-hybridized carbons (Fsp3) is 0.308. The smallest absolute Gasteiger partial charge is 0.432 e. The number of ether oxygens (including phenoxy) is 1. The number of alkyl halides is 3. The summed E-state index contributed by atoms with van der Waals surface area (Å²) in [7, 11) is -2.65. The summed E-state index contributed by atoms with van der Waals surface area (Å²) >= 11 is 0. The summed E-state index contributed by atoms with van der Waals surface area (Å²) in [6.45, 7) is 1.31. The Morgan fingerprint density at radius 1 is 1.21 bits per heavy atom. The van der Waals surface area contributed by atoms with Crippen LogP contribution in [-0.4, -0.2) is 55.7 Å². The van der Waals surface area contributed by atoms with E-state index >= 15 is 0 Å². The fourth-order valence-corrected chi connectivity index (χ4v) is 5.59. The quantitative estimate of drug-likeness (QED) is 0.210. The molecule has 1 amide bonds. The first-order valence-electron chi connectivity index (χ1n) is 11.8. The van der Waals surface area contributed by atoms with Gasteiger partial charge in [-0.3, -0.25) is 13.9 Å². The number of amides is 1. The second-order valence-corrected chi connectivity index (χ2v) is 11.2. The first-order chi connectivity index (χ1) is 18.1. The molecule has 8 nitrogen and oxygen atoms in total. The monoisotopic (exact) mass is 548 g/mol. The van der Waals surface area contributed by atoms with Crippen molar-refractivity contribution >= 4 is 22.2 Å². The van der Waals surface area contributed by atoms with Crippen LogP contribution in [0.25, 0.3) is 11.4 Å². The molecule has 4 rings (SSSR count). The Morgan fingerprint density at radius 3 is 2.71 bits per heavy atom. The van der Waals surface area contributed by atoms with E-state index in [1.807, 2.05) is 6.07 Å². The summed E-state index contributed by atoms with van der Waals surface area (Å²) in [4.78, 5) is 18.6. The minimum absolute atomic E-state index is 0.0234. The zero-order valence-electron chi connectivity index (χ0n) is 20.2. The van der Waals surface area contributed by atoms with Crippen LogP contribution in [0, 0.1) is 11.8 Å². The van der Waals surface area contributed by atoms with Crippen LogP contribution in [0.15, 0.2) is 54.7 Å². The highest BCUT2D eigenvalue weighted by molar-refractivity contribution is 8.24. The van der Waals surface area contributed by atoms with Gasteiger partial charge in [0.2, 0.25) is 0 Å². The van der Waals surface area contributed by atoms with Gasteiger partial charge in [0.1, 0.15) is 17.3 Å². The minimum Gasteiger partial charge on any atom is -0.491 e. The number of imidazole rings is 1. The number of halogens is 3. The van der Waals surface area contributed by atoms with E-state index in [0.29, 0.717) is 54.8 Å². The van der Waals surface area contributed by atoms with Crippen LogP contribution in [0.2, 0.25) is 0 Å². The number of carbonyl (C=O) groups excluding carboxylic acids is 1. The molecular weight excluding hydrogens is 521 g/mol. The molecule has 1 aliphatic heterocycles. The molecule has 2 aromatic carbocycles. The lowest BCUT2D eigenvalue weighted by Gasteiger charge is -2.44. The van der Waals surface area contributed by atoms with Gasteiger partial charge in [-0.15, -0.1) is 0 Å². The summed E-state index contributed by atoms with van der Waals surface area (Å²) in [6.07, 6.45) is -2.81. The first-order valence-corrected chi connectivity index (χ1v) is 13.6. The van der Waals surface area contributed by atoms with E-state index in [0.717, 1.165) is 0 Å². The lowest BCUT2D eigenvalue weighted by molar-refractivity contribution is -0.140. The predicted octanol–water partition coefficient (Wildman–Crippen LogP) is 4.97. The van der Waals surface area contributed by atoms with Crippen molar-refractivity contribution in [1.29, 1.82) is 0 Å². The number of aromatic amines is 1. The molecule has 0 bridgehead atoms. The van der Waals surface area contributed by atoms with Gasteiger partial charge in [-0.05, 0) is 43.2 Å². The Labute approximate surface area is 219 Å². The normalized spacial score (nSPS) is 17.7. The zero-order chi connectivity index (χ0) is 27.2. The molecule has 202 valence electrons. The summed E-state index contributed by atoms with van der Waals surface area (Å²) in [5.74, 6) is 5.20. The van der Waals surface area contributed by atoms with Gasteiger partial charge in [-0.1, -0.05) is 24.1 Å². The highest BCUT2D eigenvalue weighted by Gasteiger charge is 2.33. The molecule has 1 aromatic heterocycles. The zero-order valence-corrected chi connectivity index (χ0v) is 21.0. The molecule has 0 aliphatic carbocycles. The Bertz CT molecular complexity index is 1320. The van der Waals surface area contributed by atoms with E-state index < -0.39 is 28.4 Å². The van der Waals surface area contributed by atoms with Crippen molar-refractivity contribution in [1.82, 2.24) is 15.3 Å². The summed E-state index contributed by atoms with van der Waals surface area (Å²) in [5, 5.41) is 5.53. The van der Waals surface area contributed by atoms with E-state index in [4.69, 9.17) is 4.74 Å². The number of benzene rings is 2. The third-order valence-electron chi connectivity index (χ3n) is 5.89. The van der Waals surface area contributed by atoms with Gasteiger partial charge in [0, 0.05) is 30.1 Å². The average molecular weight is 549 g/mol. The third kappa shape index (κ3) is 7.29. The Balaban J connectivity index is 1.49. The SMILES string of the molecule is O=C(C#Cc1ccccc1)Nc1cc(-c2ncc(C(F)(F)F)[nH]2)ccc1OCCCC1CNCCS1(O)O. The molecule has 0 radical (unpaired) electrons. The van der Waals surface area contributed by atoms with Crippen molar-refractivity contribution < 1.29 is 31.8 Å². The number of aromatic nitrogens is 2. The molecule has 38 heavy (non-hydrogen) atoms. The molecule has 3 aromatic rings. The molecule has 2 heterocycles. The number of carbonyl (C=O) groups is 1. The Kier molecular flexibility index (Phi) is 8.63. The van der Waals surface area contributed by atoms with Crippen LogP contribution in [-0.2, 0) is 11.0 Å². The molecule has 0 spiro atoms. The second kappa shape index (κ2) is 11.9. The second-order valence-electron chi connectivity index (χ2n) is 8.66. The van der Waals surface area contributed by atoms with E-state index in [1.54, 1.807) is 24.3 Å². The molecule has 1 unspecified atom stereocenters. The van der Waals surface area contributed by atoms with Crippen LogP contribution >= 0.6 is 10.6 Å². The minimum atomic E-state index is -4.57. The van der Waals surface area contributed by atoms with Crippen LogP contribution in [0.5, 0.6) is 5.75 Å². The third-order valence-corrected chi connectivity index (χ3v) is 8.16. The van der Waals surface area contributed by atoms with Crippen molar-refractivity contribution in [3.8, 4) is 29.0 Å². The molecule has 1 saturated heterocycles. The van der Waals surface area contributed by atoms with Crippen LogP contribution < -0.4 is 15.4 Å². The van der Waals surface area contributed by atoms with E-state index in [2.05, 4.69) is 32.4 Å². The number of nitrogens with one attached hydrogen (secondary N) is 3. The largest absolute Gasteiger partial charge is 0.491 e. The maximum absolute atomic E-state index is 13.0. The molecule has 5 N–H and O–H groups in total. The van der Waals surface area contributed by atoms with E-state index in [-0.39, 0.29) is 23.4 Å². The van der Waals surface area contributed by atoms with Gasteiger partial charge < -0.3 is 20.4 Å². The fourth-order valence-electron chi connectivity index (χ4n) is 3.89. The predicted molar refractivity (Wildman–Crippen MR) is 140 cm³/mol. The van der Waals surface area contributed by atoms with Gasteiger partial charge in [0.25, 0.3) is 0 Å². The van der Waals surface area contributed by atoms with Gasteiger partial charge in [0.15, 0.2) is 0 Å². The maximum atomic E-state index is 13.0.